The van der Waals surface area contributed by atoms with E-state index in [9.17, 15) is 4.39 Å². The molecule has 2 nitrogen and oxygen atoms in total. The van der Waals surface area contributed by atoms with E-state index in [0.29, 0.717) is 27.9 Å². The van der Waals surface area contributed by atoms with Crippen molar-refractivity contribution in [1.29, 1.82) is 0 Å². The van der Waals surface area contributed by atoms with Crippen molar-refractivity contribution < 1.29 is 9.13 Å². The molecule has 0 saturated carbocycles. The number of ether oxygens (including phenoxy) is 1. The van der Waals surface area contributed by atoms with Crippen LogP contribution in [0.5, 0.6) is 5.75 Å². The van der Waals surface area contributed by atoms with Crippen LogP contribution < -0.4 is 10.1 Å². The number of aryl methyl sites for hydroxylation is 1. The predicted molar refractivity (Wildman–Crippen MR) is 81.5 cm³/mol. The first-order valence-electron chi connectivity index (χ1n) is 6.03. The van der Waals surface area contributed by atoms with Gasteiger partial charge in [-0.15, -0.1) is 0 Å². The number of rotatable bonds is 4. The largest absolute Gasteiger partial charge is 0.495 e. The fraction of sp³-hybridized carbons (Fsp3) is 0.200. The third-order valence-electron chi connectivity index (χ3n) is 2.96. The van der Waals surface area contributed by atoms with Gasteiger partial charge in [-0.1, -0.05) is 23.2 Å². The zero-order valence-electron chi connectivity index (χ0n) is 11.1. The van der Waals surface area contributed by atoms with Crippen LogP contribution in [0, 0.1) is 12.7 Å². The molecule has 0 amide bonds. The molecule has 2 rings (SSSR count). The van der Waals surface area contributed by atoms with E-state index in [0.717, 1.165) is 11.3 Å². The van der Waals surface area contributed by atoms with E-state index in [1.54, 1.807) is 19.2 Å². The summed E-state index contributed by atoms with van der Waals surface area (Å²) in [4.78, 5) is 0. The Labute approximate surface area is 127 Å². The third-order valence-corrected chi connectivity index (χ3v) is 3.60. The highest BCUT2D eigenvalue weighted by atomic mass is 35.5. The number of methoxy groups -OCH3 is 1. The Kier molecular flexibility index (Phi) is 4.73. The number of halogens is 3. The number of anilines is 1. The van der Waals surface area contributed by atoms with E-state index >= 15 is 0 Å². The van der Waals surface area contributed by atoms with E-state index in [-0.39, 0.29) is 5.82 Å². The summed E-state index contributed by atoms with van der Waals surface area (Å²) in [5.74, 6) is 0.314. The number of hydrogen-bond acceptors (Lipinski definition) is 2. The van der Waals surface area contributed by atoms with Gasteiger partial charge >= 0.3 is 0 Å². The molecule has 1 N–H and O–H groups in total. The second-order valence-electron chi connectivity index (χ2n) is 4.39. The summed E-state index contributed by atoms with van der Waals surface area (Å²) in [5.41, 5.74) is 2.17. The molecule has 0 unspecified atom stereocenters. The van der Waals surface area contributed by atoms with Crippen LogP contribution in [0.2, 0.25) is 10.0 Å². The number of hydrogen-bond donors (Lipinski definition) is 1. The molecule has 0 aliphatic heterocycles. The molecule has 0 bridgehead atoms. The van der Waals surface area contributed by atoms with Gasteiger partial charge in [0.2, 0.25) is 0 Å². The third kappa shape index (κ3) is 3.35. The molecule has 0 spiro atoms. The summed E-state index contributed by atoms with van der Waals surface area (Å²) in [6.07, 6.45) is 0. The zero-order valence-corrected chi connectivity index (χ0v) is 12.6. The Morgan fingerprint density at radius 3 is 2.65 bits per heavy atom. The van der Waals surface area contributed by atoms with Crippen molar-refractivity contribution in [3.63, 3.8) is 0 Å². The highest BCUT2D eigenvalue weighted by Gasteiger charge is 2.08. The molecule has 0 atom stereocenters. The average Bonchev–Trinajstić information content (AvgIpc) is 2.43. The molecule has 20 heavy (non-hydrogen) atoms. The summed E-state index contributed by atoms with van der Waals surface area (Å²) in [5, 5.41) is 4.26. The van der Waals surface area contributed by atoms with Crippen molar-refractivity contribution in [3.05, 3.63) is 57.3 Å². The standard InChI is InChI=1S/C15H14Cl2FNO/c1-9-5-14(15(20-2)7-12(9)17)19-8-10-6-11(16)3-4-13(10)18/h3-7,19H,8H2,1-2H3. The monoisotopic (exact) mass is 313 g/mol. The van der Waals surface area contributed by atoms with Crippen LogP contribution in [-0.2, 0) is 6.54 Å². The Balaban J connectivity index is 2.22. The predicted octanol–water partition coefficient (Wildman–Crippen LogP) is 5.06. The molecule has 5 heteroatoms. The van der Waals surface area contributed by atoms with E-state index in [1.807, 2.05) is 13.0 Å². The summed E-state index contributed by atoms with van der Waals surface area (Å²) in [6.45, 7) is 2.21. The quantitative estimate of drug-likeness (QED) is 0.851. The van der Waals surface area contributed by atoms with Crippen LogP contribution in [0.15, 0.2) is 30.3 Å². The first-order chi connectivity index (χ1) is 9.51. The van der Waals surface area contributed by atoms with Gasteiger partial charge in [-0.05, 0) is 36.8 Å². The lowest BCUT2D eigenvalue weighted by Gasteiger charge is -2.13. The van der Waals surface area contributed by atoms with Crippen LogP contribution in [0.25, 0.3) is 0 Å². The lowest BCUT2D eigenvalue weighted by atomic mass is 10.1. The molecule has 0 saturated heterocycles. The van der Waals surface area contributed by atoms with Crippen LogP contribution in [-0.4, -0.2) is 7.11 Å². The fourth-order valence-corrected chi connectivity index (χ4v) is 2.19. The molecule has 0 aliphatic carbocycles. The lowest BCUT2D eigenvalue weighted by Crippen LogP contribution is -2.04. The molecule has 0 fully saturated rings. The first kappa shape index (κ1) is 14.9. The van der Waals surface area contributed by atoms with Gasteiger partial charge in [0.15, 0.2) is 0 Å². The molecular weight excluding hydrogens is 300 g/mol. The first-order valence-corrected chi connectivity index (χ1v) is 6.79. The van der Waals surface area contributed by atoms with Crippen molar-refractivity contribution in [1.82, 2.24) is 0 Å². The summed E-state index contributed by atoms with van der Waals surface area (Å²) in [6, 6.07) is 8.06. The number of nitrogens with one attached hydrogen (secondary N) is 1. The smallest absolute Gasteiger partial charge is 0.143 e. The molecule has 2 aromatic carbocycles. The highest BCUT2D eigenvalue weighted by molar-refractivity contribution is 6.31. The van der Waals surface area contributed by atoms with Gasteiger partial charge in [-0.2, -0.15) is 0 Å². The van der Waals surface area contributed by atoms with Crippen molar-refractivity contribution in [2.45, 2.75) is 13.5 Å². The minimum atomic E-state index is -0.299. The normalized spacial score (nSPS) is 10.4. The maximum absolute atomic E-state index is 13.6. The van der Waals surface area contributed by atoms with E-state index in [2.05, 4.69) is 5.32 Å². The van der Waals surface area contributed by atoms with Gasteiger partial charge in [0, 0.05) is 28.2 Å². The summed E-state index contributed by atoms with van der Waals surface area (Å²) < 4.78 is 18.9. The Hall–Kier alpha value is -1.45. The van der Waals surface area contributed by atoms with E-state index in [1.165, 1.54) is 12.1 Å². The van der Waals surface area contributed by atoms with Crippen molar-refractivity contribution in [3.8, 4) is 5.75 Å². The van der Waals surface area contributed by atoms with Gasteiger partial charge in [-0.25, -0.2) is 4.39 Å². The summed E-state index contributed by atoms with van der Waals surface area (Å²) in [7, 11) is 1.56. The SMILES string of the molecule is COc1cc(Cl)c(C)cc1NCc1cc(Cl)ccc1F. The van der Waals surface area contributed by atoms with Gasteiger partial charge in [0.05, 0.1) is 12.8 Å². The van der Waals surface area contributed by atoms with E-state index in [4.69, 9.17) is 27.9 Å². The van der Waals surface area contributed by atoms with Crippen LogP contribution in [0.1, 0.15) is 11.1 Å². The molecule has 0 heterocycles. The molecule has 0 radical (unpaired) electrons. The fourth-order valence-electron chi connectivity index (χ4n) is 1.84. The Morgan fingerprint density at radius 2 is 1.95 bits per heavy atom. The lowest BCUT2D eigenvalue weighted by molar-refractivity contribution is 0.416. The minimum absolute atomic E-state index is 0.299. The Bertz CT molecular complexity index is 632. The van der Waals surface area contributed by atoms with Crippen LogP contribution in [0.4, 0.5) is 10.1 Å². The topological polar surface area (TPSA) is 21.3 Å². The molecule has 106 valence electrons. The maximum atomic E-state index is 13.6. The molecular formula is C15H14Cl2FNO. The maximum Gasteiger partial charge on any atom is 0.143 e. The Morgan fingerprint density at radius 1 is 1.20 bits per heavy atom. The summed E-state index contributed by atoms with van der Waals surface area (Å²) >= 11 is 11.9. The zero-order chi connectivity index (χ0) is 14.7. The van der Waals surface area contributed by atoms with Crippen LogP contribution >= 0.6 is 23.2 Å². The van der Waals surface area contributed by atoms with E-state index < -0.39 is 0 Å². The second kappa shape index (κ2) is 6.33. The molecule has 0 aromatic heterocycles. The highest BCUT2D eigenvalue weighted by Crippen LogP contribution is 2.31. The van der Waals surface area contributed by atoms with Gasteiger partial charge < -0.3 is 10.1 Å². The minimum Gasteiger partial charge on any atom is -0.495 e. The number of benzene rings is 2. The van der Waals surface area contributed by atoms with Gasteiger partial charge in [0.1, 0.15) is 11.6 Å². The average molecular weight is 314 g/mol. The van der Waals surface area contributed by atoms with Crippen molar-refractivity contribution >= 4 is 28.9 Å². The molecule has 0 aliphatic rings. The van der Waals surface area contributed by atoms with Crippen LogP contribution in [0.3, 0.4) is 0 Å². The van der Waals surface area contributed by atoms with Crippen molar-refractivity contribution in [2.75, 3.05) is 12.4 Å². The van der Waals surface area contributed by atoms with Gasteiger partial charge in [-0.3, -0.25) is 0 Å². The molecule has 2 aromatic rings. The van der Waals surface area contributed by atoms with Gasteiger partial charge in [0.25, 0.3) is 0 Å². The van der Waals surface area contributed by atoms with Crippen molar-refractivity contribution in [2.24, 2.45) is 0 Å². The second-order valence-corrected chi connectivity index (χ2v) is 5.23.